The topological polar surface area (TPSA) is 63.0 Å². The van der Waals surface area contributed by atoms with E-state index >= 15 is 0 Å². The van der Waals surface area contributed by atoms with E-state index in [1.54, 1.807) is 24.3 Å². The molecule has 106 valence electrons. The maximum absolute atomic E-state index is 12.7. The number of nitrogens with zero attached hydrogens (tertiary/aromatic N) is 1. The summed E-state index contributed by atoms with van der Waals surface area (Å²) in [6.07, 6.45) is -4.49. The largest absolute Gasteiger partial charge is 0.416 e. The average molecular weight is 303 g/mol. The van der Waals surface area contributed by atoms with Gasteiger partial charge in [0.2, 0.25) is 0 Å². The Morgan fingerprint density at radius 2 is 1.80 bits per heavy atom. The molecule has 4 nitrogen and oxygen atoms in total. The summed E-state index contributed by atoms with van der Waals surface area (Å²) in [4.78, 5) is 3.90. The monoisotopic (exact) mass is 302 g/mol. The first kappa shape index (κ1) is 14.4. The molecule has 2 aromatic rings. The van der Waals surface area contributed by atoms with Gasteiger partial charge in [0.05, 0.1) is 5.56 Å². The van der Waals surface area contributed by atoms with E-state index in [9.17, 15) is 13.2 Å². The van der Waals surface area contributed by atoms with E-state index in [-0.39, 0.29) is 11.6 Å². The lowest BCUT2D eigenvalue weighted by atomic mass is 10.2. The number of pyridine rings is 1. The zero-order chi connectivity index (χ0) is 14.8. The molecule has 1 aromatic carbocycles. The molecule has 20 heavy (non-hydrogen) atoms. The van der Waals surface area contributed by atoms with Gasteiger partial charge in [-0.3, -0.25) is 0 Å². The van der Waals surface area contributed by atoms with Crippen LogP contribution in [0.1, 0.15) is 5.56 Å². The van der Waals surface area contributed by atoms with Crippen LogP contribution < -0.4 is 16.6 Å². The lowest BCUT2D eigenvalue weighted by Crippen LogP contribution is -2.13. The van der Waals surface area contributed by atoms with Crippen molar-refractivity contribution in [2.45, 2.75) is 6.18 Å². The van der Waals surface area contributed by atoms with Gasteiger partial charge < -0.3 is 10.7 Å². The zero-order valence-electron chi connectivity index (χ0n) is 10.0. The lowest BCUT2D eigenvalue weighted by Gasteiger charge is -2.12. The fourth-order valence-electron chi connectivity index (χ4n) is 1.55. The highest BCUT2D eigenvalue weighted by Gasteiger charge is 2.31. The summed E-state index contributed by atoms with van der Waals surface area (Å²) in [5.74, 6) is 5.04. The fourth-order valence-corrected chi connectivity index (χ4v) is 1.74. The van der Waals surface area contributed by atoms with Gasteiger partial charge in [-0.15, -0.1) is 0 Å². The van der Waals surface area contributed by atoms with Crippen molar-refractivity contribution in [2.75, 3.05) is 10.7 Å². The summed E-state index contributed by atoms with van der Waals surface area (Å²) in [5.41, 5.74) is 1.76. The number of aromatic nitrogens is 1. The summed E-state index contributed by atoms with van der Waals surface area (Å²) < 4.78 is 38.2. The highest BCUT2D eigenvalue weighted by atomic mass is 35.5. The van der Waals surface area contributed by atoms with E-state index in [0.717, 1.165) is 12.1 Å². The number of rotatable bonds is 3. The van der Waals surface area contributed by atoms with Gasteiger partial charge in [0.1, 0.15) is 11.6 Å². The van der Waals surface area contributed by atoms with E-state index in [4.69, 9.17) is 17.4 Å². The predicted molar refractivity (Wildman–Crippen MR) is 71.8 cm³/mol. The third-order valence-electron chi connectivity index (χ3n) is 2.40. The molecule has 4 N–H and O–H groups in total. The quantitative estimate of drug-likeness (QED) is 0.596. The van der Waals surface area contributed by atoms with Crippen LogP contribution in [-0.2, 0) is 6.18 Å². The number of alkyl halides is 3. The number of hydrogen-bond donors (Lipinski definition) is 3. The molecule has 0 saturated heterocycles. The average Bonchev–Trinajstić information content (AvgIpc) is 2.37. The molecule has 0 aliphatic rings. The van der Waals surface area contributed by atoms with Crippen LogP contribution in [0.15, 0.2) is 36.4 Å². The third-order valence-corrected chi connectivity index (χ3v) is 2.63. The molecule has 0 aliphatic carbocycles. The van der Waals surface area contributed by atoms with E-state index in [1.165, 1.54) is 0 Å². The van der Waals surface area contributed by atoms with Crippen LogP contribution in [0.5, 0.6) is 0 Å². The number of hydrazine groups is 1. The molecule has 8 heteroatoms. The van der Waals surface area contributed by atoms with Gasteiger partial charge in [-0.1, -0.05) is 17.7 Å². The summed E-state index contributed by atoms with van der Waals surface area (Å²) in [6.45, 7) is 0. The van der Waals surface area contributed by atoms with Gasteiger partial charge in [0.15, 0.2) is 0 Å². The zero-order valence-corrected chi connectivity index (χ0v) is 10.8. The summed E-state index contributed by atoms with van der Waals surface area (Å²) in [5, 5.41) is 3.20. The van der Waals surface area contributed by atoms with Crippen molar-refractivity contribution in [2.24, 2.45) is 5.84 Å². The molecular weight excluding hydrogens is 293 g/mol. The molecule has 0 amide bonds. The second-order valence-corrected chi connectivity index (χ2v) is 4.34. The van der Waals surface area contributed by atoms with Gasteiger partial charge in [-0.2, -0.15) is 13.2 Å². The summed E-state index contributed by atoms with van der Waals surface area (Å²) in [6, 6.07) is 8.26. The minimum Gasteiger partial charge on any atom is -0.340 e. The molecule has 0 unspecified atom stereocenters. The third kappa shape index (κ3) is 3.52. The number of hydrogen-bond acceptors (Lipinski definition) is 4. The Morgan fingerprint density at radius 3 is 2.40 bits per heavy atom. The Bertz CT molecular complexity index is 616. The van der Waals surface area contributed by atoms with Crippen LogP contribution in [0.3, 0.4) is 0 Å². The standard InChI is InChI=1S/C12H10ClF3N4/c13-8-2-1-3-9(6-8)18-10-4-7(12(14,15)16)5-11(19-10)20-17/h1-6H,17H2,(H2,18,19,20). The number of anilines is 3. The van der Waals surface area contributed by atoms with Crippen LogP contribution in [0.25, 0.3) is 0 Å². The van der Waals surface area contributed by atoms with Gasteiger partial charge in [-0.05, 0) is 30.3 Å². The van der Waals surface area contributed by atoms with Gasteiger partial charge >= 0.3 is 6.18 Å². The van der Waals surface area contributed by atoms with Crippen molar-refractivity contribution >= 4 is 28.9 Å². The summed E-state index contributed by atoms with van der Waals surface area (Å²) in [7, 11) is 0. The van der Waals surface area contributed by atoms with Crippen molar-refractivity contribution in [3.63, 3.8) is 0 Å². The fraction of sp³-hybridized carbons (Fsp3) is 0.0833. The molecule has 0 atom stereocenters. The van der Waals surface area contributed by atoms with Crippen LogP contribution >= 0.6 is 11.6 Å². The molecule has 1 aromatic heterocycles. The molecule has 0 spiro atoms. The highest BCUT2D eigenvalue weighted by Crippen LogP contribution is 2.32. The molecule has 0 radical (unpaired) electrons. The van der Waals surface area contributed by atoms with Crippen molar-refractivity contribution < 1.29 is 13.2 Å². The van der Waals surface area contributed by atoms with Crippen molar-refractivity contribution in [3.8, 4) is 0 Å². The first-order valence-electron chi connectivity index (χ1n) is 5.47. The van der Waals surface area contributed by atoms with Crippen LogP contribution in [0.4, 0.5) is 30.5 Å². The smallest absolute Gasteiger partial charge is 0.340 e. The highest BCUT2D eigenvalue weighted by molar-refractivity contribution is 6.30. The van der Waals surface area contributed by atoms with E-state index in [2.05, 4.69) is 15.7 Å². The van der Waals surface area contributed by atoms with Crippen LogP contribution in [0.2, 0.25) is 5.02 Å². The first-order valence-corrected chi connectivity index (χ1v) is 5.85. The number of halogens is 4. The molecule has 0 aliphatic heterocycles. The van der Waals surface area contributed by atoms with Crippen molar-refractivity contribution in [3.05, 3.63) is 47.0 Å². The Hall–Kier alpha value is -1.99. The molecule has 0 bridgehead atoms. The molecule has 0 fully saturated rings. The minimum absolute atomic E-state index is 0.00930. The van der Waals surface area contributed by atoms with E-state index < -0.39 is 11.7 Å². The van der Waals surface area contributed by atoms with Crippen molar-refractivity contribution in [1.29, 1.82) is 0 Å². The van der Waals surface area contributed by atoms with Crippen LogP contribution in [0, 0.1) is 0 Å². The summed E-state index contributed by atoms with van der Waals surface area (Å²) >= 11 is 5.80. The number of benzene rings is 1. The van der Waals surface area contributed by atoms with Crippen LogP contribution in [-0.4, -0.2) is 4.98 Å². The SMILES string of the molecule is NNc1cc(C(F)(F)F)cc(Nc2cccc(Cl)c2)n1. The van der Waals surface area contributed by atoms with Gasteiger partial charge in [0, 0.05) is 10.7 Å². The normalized spacial score (nSPS) is 11.2. The molecule has 0 saturated carbocycles. The number of nitrogens with two attached hydrogens (primary N) is 1. The predicted octanol–water partition coefficient (Wildman–Crippen LogP) is 3.78. The second-order valence-electron chi connectivity index (χ2n) is 3.90. The Morgan fingerprint density at radius 1 is 1.10 bits per heavy atom. The maximum atomic E-state index is 12.7. The lowest BCUT2D eigenvalue weighted by molar-refractivity contribution is -0.137. The molecule has 2 rings (SSSR count). The maximum Gasteiger partial charge on any atom is 0.416 e. The minimum atomic E-state index is -4.49. The van der Waals surface area contributed by atoms with E-state index in [0.29, 0.717) is 10.7 Å². The Labute approximate surface area is 117 Å². The molecular formula is C12H10ClF3N4. The van der Waals surface area contributed by atoms with Gasteiger partial charge in [0.25, 0.3) is 0 Å². The second kappa shape index (κ2) is 5.56. The van der Waals surface area contributed by atoms with E-state index in [1.807, 2.05) is 0 Å². The van der Waals surface area contributed by atoms with Crippen molar-refractivity contribution in [1.82, 2.24) is 4.98 Å². The Balaban J connectivity index is 2.36. The number of nitrogen functional groups attached to an aromatic ring is 1. The first-order chi connectivity index (χ1) is 9.38. The number of nitrogens with one attached hydrogen (secondary N) is 2. The molecule has 1 heterocycles. The Kier molecular flexibility index (Phi) is 4.01. The van der Waals surface area contributed by atoms with Gasteiger partial charge in [-0.25, -0.2) is 10.8 Å².